The molecule has 0 fully saturated rings. The maximum atomic E-state index is 4.56. The smallest absolute Gasteiger partial charge is 0.183 e. The van der Waals surface area contributed by atoms with Crippen molar-refractivity contribution in [3.8, 4) is 11.3 Å². The lowest BCUT2D eigenvalue weighted by Crippen LogP contribution is -2.26. The van der Waals surface area contributed by atoms with E-state index >= 15 is 0 Å². The molecule has 0 spiro atoms. The van der Waals surface area contributed by atoms with Crippen LogP contribution in [0.15, 0.2) is 41.8 Å². The molecular formula is C14H13N2S+. The third kappa shape index (κ3) is 1.72. The summed E-state index contributed by atoms with van der Waals surface area (Å²) in [7, 11) is 0. The first kappa shape index (κ1) is 10.4. The molecule has 0 bridgehead atoms. The third-order valence-corrected chi connectivity index (χ3v) is 3.65. The van der Waals surface area contributed by atoms with Crippen molar-refractivity contribution >= 4 is 16.3 Å². The first-order chi connectivity index (χ1) is 8.25. The Bertz CT molecular complexity index is 671. The van der Waals surface area contributed by atoms with E-state index < -0.39 is 0 Å². The molecule has 3 aromatic rings. The number of thiazole rings is 1. The van der Waals surface area contributed by atoms with Gasteiger partial charge in [-0.3, -0.25) is 0 Å². The summed E-state index contributed by atoms with van der Waals surface area (Å²) in [5.41, 5.74) is 4.75. The minimum atomic E-state index is 1.06. The van der Waals surface area contributed by atoms with Crippen LogP contribution in [0.3, 0.4) is 0 Å². The van der Waals surface area contributed by atoms with Crippen molar-refractivity contribution in [2.45, 2.75) is 13.8 Å². The van der Waals surface area contributed by atoms with E-state index in [1.807, 2.05) is 13.0 Å². The number of benzene rings is 1. The van der Waals surface area contributed by atoms with Crippen molar-refractivity contribution in [1.82, 2.24) is 4.98 Å². The first-order valence-electron chi connectivity index (χ1n) is 5.58. The molecule has 0 unspecified atom stereocenters. The molecule has 0 N–H and O–H groups in total. The molecule has 0 saturated carbocycles. The standard InChI is InChI=1S/C14H13N2S/c1-10-8-11(2)16-13(9-17-14(16)15-10)12-6-4-3-5-7-12/h3-9H,1-2H3/q+1. The zero-order chi connectivity index (χ0) is 11.8. The van der Waals surface area contributed by atoms with Crippen LogP contribution in [0.5, 0.6) is 0 Å². The zero-order valence-corrected chi connectivity index (χ0v) is 10.7. The molecule has 2 nitrogen and oxygen atoms in total. The molecule has 2 aromatic heterocycles. The Balaban J connectivity index is 2.32. The SMILES string of the molecule is Cc1cc(C)[n+]2c(-c3ccccc3)csc2n1. The van der Waals surface area contributed by atoms with Gasteiger partial charge < -0.3 is 0 Å². The fraction of sp³-hybridized carbons (Fsp3) is 0.143. The van der Waals surface area contributed by atoms with Crippen molar-refractivity contribution in [2.24, 2.45) is 0 Å². The Labute approximate surface area is 104 Å². The minimum Gasteiger partial charge on any atom is -0.183 e. The zero-order valence-electron chi connectivity index (χ0n) is 9.84. The molecule has 0 aliphatic carbocycles. The van der Waals surface area contributed by atoms with Gasteiger partial charge in [0.25, 0.3) is 0 Å². The van der Waals surface area contributed by atoms with Crippen LogP contribution in [0.2, 0.25) is 0 Å². The van der Waals surface area contributed by atoms with E-state index in [0.717, 1.165) is 10.7 Å². The molecule has 0 saturated heterocycles. The Hall–Kier alpha value is -1.74. The van der Waals surface area contributed by atoms with E-state index in [1.54, 1.807) is 11.3 Å². The fourth-order valence-corrected chi connectivity index (χ4v) is 3.09. The summed E-state index contributed by atoms with van der Waals surface area (Å²) in [6, 6.07) is 12.6. The number of fused-ring (bicyclic) bond motifs is 1. The van der Waals surface area contributed by atoms with Gasteiger partial charge in [-0.1, -0.05) is 30.3 Å². The van der Waals surface area contributed by atoms with Crippen molar-refractivity contribution < 1.29 is 4.40 Å². The lowest BCUT2D eigenvalue weighted by molar-refractivity contribution is -0.505. The van der Waals surface area contributed by atoms with Crippen LogP contribution in [-0.4, -0.2) is 4.98 Å². The highest BCUT2D eigenvalue weighted by atomic mass is 32.1. The van der Waals surface area contributed by atoms with E-state index in [9.17, 15) is 0 Å². The number of hydrogen-bond donors (Lipinski definition) is 0. The lowest BCUT2D eigenvalue weighted by atomic mass is 10.2. The Morgan fingerprint density at radius 3 is 2.65 bits per heavy atom. The van der Waals surface area contributed by atoms with Gasteiger partial charge in [-0.15, -0.1) is 0 Å². The Morgan fingerprint density at radius 2 is 1.88 bits per heavy atom. The summed E-state index contributed by atoms with van der Waals surface area (Å²) in [6.45, 7) is 4.16. The molecule has 2 heterocycles. The van der Waals surface area contributed by atoms with Gasteiger partial charge in [-0.2, -0.15) is 4.40 Å². The molecule has 1 aromatic carbocycles. The van der Waals surface area contributed by atoms with Crippen LogP contribution < -0.4 is 4.40 Å². The predicted octanol–water partition coefficient (Wildman–Crippen LogP) is 3.17. The highest BCUT2D eigenvalue weighted by Crippen LogP contribution is 2.20. The molecule has 0 radical (unpaired) electrons. The van der Waals surface area contributed by atoms with Gasteiger partial charge in [-0.05, 0) is 23.2 Å². The van der Waals surface area contributed by atoms with Gasteiger partial charge >= 0.3 is 4.96 Å². The van der Waals surface area contributed by atoms with E-state index in [2.05, 4.69) is 52.0 Å². The largest absolute Gasteiger partial charge is 0.387 e. The van der Waals surface area contributed by atoms with Gasteiger partial charge in [-0.25, -0.2) is 0 Å². The van der Waals surface area contributed by atoms with Crippen LogP contribution in [0.25, 0.3) is 16.2 Å². The van der Waals surface area contributed by atoms with Gasteiger partial charge in [0, 0.05) is 23.9 Å². The second kappa shape index (κ2) is 3.93. The highest BCUT2D eigenvalue weighted by molar-refractivity contribution is 7.14. The summed E-state index contributed by atoms with van der Waals surface area (Å²) in [6.07, 6.45) is 0. The van der Waals surface area contributed by atoms with E-state index in [0.29, 0.717) is 0 Å². The monoisotopic (exact) mass is 241 g/mol. The lowest BCUT2D eigenvalue weighted by Gasteiger charge is -1.98. The first-order valence-corrected chi connectivity index (χ1v) is 6.46. The number of hydrogen-bond acceptors (Lipinski definition) is 2. The molecule has 0 aliphatic heterocycles. The van der Waals surface area contributed by atoms with Crippen molar-refractivity contribution in [3.63, 3.8) is 0 Å². The maximum absolute atomic E-state index is 4.56. The Kier molecular flexibility index (Phi) is 2.41. The van der Waals surface area contributed by atoms with Gasteiger partial charge in [0.1, 0.15) is 5.69 Å². The normalized spacial score (nSPS) is 10.9. The maximum Gasteiger partial charge on any atom is 0.387 e. The molecule has 84 valence electrons. The number of aromatic nitrogens is 2. The molecule has 0 amide bonds. The van der Waals surface area contributed by atoms with E-state index in [1.165, 1.54) is 17.0 Å². The van der Waals surface area contributed by atoms with Crippen LogP contribution in [-0.2, 0) is 0 Å². The fourth-order valence-electron chi connectivity index (χ4n) is 2.09. The van der Waals surface area contributed by atoms with Gasteiger partial charge in [0.05, 0.1) is 0 Å². The van der Waals surface area contributed by atoms with Crippen LogP contribution in [0, 0.1) is 13.8 Å². The topological polar surface area (TPSA) is 17.0 Å². The number of nitrogens with zero attached hydrogens (tertiary/aromatic N) is 2. The quantitative estimate of drug-likeness (QED) is 0.598. The average molecular weight is 241 g/mol. The van der Waals surface area contributed by atoms with Gasteiger partial charge in [0.15, 0.2) is 11.4 Å². The molecule has 17 heavy (non-hydrogen) atoms. The molecule has 0 atom stereocenters. The van der Waals surface area contributed by atoms with Crippen LogP contribution in [0.1, 0.15) is 11.4 Å². The van der Waals surface area contributed by atoms with Crippen molar-refractivity contribution in [3.05, 3.63) is 53.2 Å². The summed E-state index contributed by atoms with van der Waals surface area (Å²) < 4.78 is 2.22. The van der Waals surface area contributed by atoms with E-state index in [4.69, 9.17) is 0 Å². The number of aryl methyl sites for hydroxylation is 2. The number of rotatable bonds is 1. The minimum absolute atomic E-state index is 1.06. The van der Waals surface area contributed by atoms with Gasteiger partial charge in [0.2, 0.25) is 0 Å². The van der Waals surface area contributed by atoms with Crippen molar-refractivity contribution in [1.29, 1.82) is 0 Å². The average Bonchev–Trinajstić information content (AvgIpc) is 2.74. The second-order valence-corrected chi connectivity index (χ2v) is 4.98. The highest BCUT2D eigenvalue weighted by Gasteiger charge is 2.17. The summed E-state index contributed by atoms with van der Waals surface area (Å²) in [5, 5.41) is 2.17. The molecule has 0 aliphatic rings. The summed E-state index contributed by atoms with van der Waals surface area (Å²) >= 11 is 1.69. The second-order valence-electron chi connectivity index (χ2n) is 4.14. The Morgan fingerprint density at radius 1 is 1.12 bits per heavy atom. The van der Waals surface area contributed by atoms with Crippen molar-refractivity contribution in [2.75, 3.05) is 0 Å². The van der Waals surface area contributed by atoms with Crippen LogP contribution >= 0.6 is 11.3 Å². The molecule has 3 rings (SSSR count). The molecular weight excluding hydrogens is 228 g/mol. The third-order valence-electron chi connectivity index (χ3n) is 2.82. The predicted molar refractivity (Wildman–Crippen MR) is 70.2 cm³/mol. The molecule has 3 heteroatoms. The van der Waals surface area contributed by atoms with E-state index in [-0.39, 0.29) is 0 Å². The summed E-state index contributed by atoms with van der Waals surface area (Å²) in [5.74, 6) is 0. The summed E-state index contributed by atoms with van der Waals surface area (Å²) in [4.78, 5) is 5.62. The van der Waals surface area contributed by atoms with Crippen LogP contribution in [0.4, 0.5) is 0 Å².